The number of piperidine rings is 1. The number of rotatable bonds is 5. The first-order valence-electron chi connectivity index (χ1n) is 10.6. The quantitative estimate of drug-likeness (QED) is 0.259. The summed E-state index contributed by atoms with van der Waals surface area (Å²) in [7, 11) is -4.48. The standard InChI is InChI=1S/C23H20F3IN4O3S/c24-23(25,26)19-12-16(15-4-2-1-3-5-15)6-7-20(19)35(33,34)30-18-9-11-31(21(27)13-18)22(32)17-8-10-28-29-14-17/h1-8,10,12,14,18,21,30H,9,11,13H2. The summed E-state index contributed by atoms with van der Waals surface area (Å²) in [5.74, 6) is -0.267. The molecule has 0 spiro atoms. The van der Waals surface area contributed by atoms with E-state index in [1.165, 1.54) is 24.5 Å². The fraction of sp³-hybridized carbons (Fsp3) is 0.261. The van der Waals surface area contributed by atoms with Crippen LogP contribution in [-0.2, 0) is 16.2 Å². The van der Waals surface area contributed by atoms with Crippen molar-refractivity contribution in [3.63, 3.8) is 0 Å². The Morgan fingerprint density at radius 2 is 1.80 bits per heavy atom. The predicted octanol–water partition coefficient (Wildman–Crippen LogP) is 4.51. The van der Waals surface area contributed by atoms with E-state index in [2.05, 4.69) is 14.9 Å². The summed E-state index contributed by atoms with van der Waals surface area (Å²) in [6.07, 6.45) is -1.62. The van der Waals surface area contributed by atoms with Crippen LogP contribution in [0.5, 0.6) is 0 Å². The Hall–Kier alpha value is -2.58. The highest BCUT2D eigenvalue weighted by atomic mass is 127. The van der Waals surface area contributed by atoms with E-state index in [9.17, 15) is 26.4 Å². The maximum atomic E-state index is 13.9. The number of carbonyl (C=O) groups excluding carboxylic acids is 1. The third-order valence-corrected chi connectivity index (χ3v) is 8.39. The number of amides is 1. The van der Waals surface area contributed by atoms with Gasteiger partial charge in [0, 0.05) is 12.6 Å². The topological polar surface area (TPSA) is 92.3 Å². The van der Waals surface area contributed by atoms with E-state index in [4.69, 9.17) is 0 Å². The molecule has 12 heteroatoms. The molecule has 0 aliphatic carbocycles. The minimum absolute atomic E-state index is 0.237. The number of hydrogen-bond donors (Lipinski definition) is 1. The van der Waals surface area contributed by atoms with Gasteiger partial charge in [-0.1, -0.05) is 59.0 Å². The SMILES string of the molecule is O=C(c1ccnnc1)N1CCC(NS(=O)(=O)c2ccc(-c3ccccc3)cc2C(F)(F)F)CC1I. The van der Waals surface area contributed by atoms with Gasteiger partial charge in [-0.2, -0.15) is 23.4 Å². The van der Waals surface area contributed by atoms with Gasteiger partial charge in [-0.05, 0) is 42.2 Å². The molecule has 2 heterocycles. The number of nitrogens with one attached hydrogen (secondary N) is 1. The molecule has 1 amide bonds. The van der Waals surface area contributed by atoms with E-state index >= 15 is 0 Å². The van der Waals surface area contributed by atoms with Crippen molar-refractivity contribution in [3.8, 4) is 11.1 Å². The molecule has 2 aromatic carbocycles. The van der Waals surface area contributed by atoms with Crippen LogP contribution in [0.3, 0.4) is 0 Å². The number of sulfonamides is 1. The minimum Gasteiger partial charge on any atom is -0.327 e. The summed E-state index contributed by atoms with van der Waals surface area (Å²) >= 11 is 2.03. The Bertz CT molecular complexity index is 1310. The molecule has 1 saturated heterocycles. The van der Waals surface area contributed by atoms with E-state index in [0.717, 1.165) is 12.1 Å². The summed E-state index contributed by atoms with van der Waals surface area (Å²) in [6.45, 7) is 0.237. The molecule has 35 heavy (non-hydrogen) atoms. The first-order chi connectivity index (χ1) is 16.6. The predicted molar refractivity (Wildman–Crippen MR) is 131 cm³/mol. The molecule has 7 nitrogen and oxygen atoms in total. The van der Waals surface area contributed by atoms with Crippen molar-refractivity contribution in [1.29, 1.82) is 0 Å². The lowest BCUT2D eigenvalue weighted by atomic mass is 10.0. The third kappa shape index (κ3) is 5.81. The first kappa shape index (κ1) is 25.5. The monoisotopic (exact) mass is 616 g/mol. The van der Waals surface area contributed by atoms with Crippen LogP contribution in [0.1, 0.15) is 28.8 Å². The molecule has 0 radical (unpaired) electrons. The number of hydrogen-bond acceptors (Lipinski definition) is 5. The molecule has 2 unspecified atom stereocenters. The highest BCUT2D eigenvalue weighted by Gasteiger charge is 2.39. The minimum atomic E-state index is -4.87. The number of carbonyl (C=O) groups is 1. The van der Waals surface area contributed by atoms with Crippen molar-refractivity contribution in [2.75, 3.05) is 6.54 Å². The Morgan fingerprint density at radius 1 is 1.06 bits per heavy atom. The number of likely N-dealkylation sites (tertiary alicyclic amines) is 1. The van der Waals surface area contributed by atoms with E-state index < -0.39 is 32.7 Å². The lowest BCUT2D eigenvalue weighted by molar-refractivity contribution is -0.139. The van der Waals surface area contributed by atoms with Gasteiger partial charge in [0.1, 0.15) is 0 Å². The maximum Gasteiger partial charge on any atom is 0.417 e. The third-order valence-electron chi connectivity index (χ3n) is 5.63. The molecule has 1 N–H and O–H groups in total. The van der Waals surface area contributed by atoms with Crippen LogP contribution in [-0.4, -0.2) is 46.1 Å². The normalized spacial score (nSPS) is 18.9. The van der Waals surface area contributed by atoms with Crippen molar-refractivity contribution in [2.45, 2.75) is 34.0 Å². The number of nitrogens with zero attached hydrogens (tertiary/aromatic N) is 3. The highest BCUT2D eigenvalue weighted by Crippen LogP contribution is 2.37. The van der Waals surface area contributed by atoms with Crippen molar-refractivity contribution in [3.05, 3.63) is 78.1 Å². The van der Waals surface area contributed by atoms with Gasteiger partial charge in [-0.15, -0.1) is 0 Å². The van der Waals surface area contributed by atoms with Crippen molar-refractivity contribution >= 4 is 38.5 Å². The fourth-order valence-electron chi connectivity index (χ4n) is 3.91. The summed E-state index contributed by atoms with van der Waals surface area (Å²) in [4.78, 5) is 13.5. The summed E-state index contributed by atoms with van der Waals surface area (Å²) in [6, 6.07) is 12.5. The number of alkyl halides is 4. The molecule has 1 aromatic heterocycles. The first-order valence-corrected chi connectivity index (χ1v) is 13.3. The number of benzene rings is 2. The summed E-state index contributed by atoms with van der Waals surface area (Å²) in [5, 5.41) is 7.33. The van der Waals surface area contributed by atoms with Gasteiger partial charge < -0.3 is 4.90 Å². The summed E-state index contributed by atoms with van der Waals surface area (Å²) in [5.41, 5.74) is -0.0603. The van der Waals surface area contributed by atoms with E-state index in [1.807, 2.05) is 22.6 Å². The van der Waals surface area contributed by atoms with Crippen molar-refractivity contribution in [1.82, 2.24) is 19.8 Å². The second-order valence-electron chi connectivity index (χ2n) is 7.98. The van der Waals surface area contributed by atoms with E-state index in [-0.39, 0.29) is 34.9 Å². The fourth-order valence-corrected chi connectivity index (χ4v) is 6.55. The zero-order chi connectivity index (χ0) is 25.2. The second kappa shape index (κ2) is 10.2. The largest absolute Gasteiger partial charge is 0.417 e. The lowest BCUT2D eigenvalue weighted by Crippen LogP contribution is -2.49. The Labute approximate surface area is 213 Å². The second-order valence-corrected chi connectivity index (χ2v) is 11.1. The summed E-state index contributed by atoms with van der Waals surface area (Å²) < 4.78 is 69.8. The van der Waals surface area contributed by atoms with E-state index in [1.54, 1.807) is 35.2 Å². The van der Waals surface area contributed by atoms with Crippen LogP contribution in [0.15, 0.2) is 71.9 Å². The maximum absolute atomic E-state index is 13.9. The van der Waals surface area contributed by atoms with Crippen molar-refractivity contribution < 1.29 is 26.4 Å². The number of halogens is 4. The van der Waals surface area contributed by atoms with Crippen LogP contribution in [0.25, 0.3) is 11.1 Å². The zero-order valence-corrected chi connectivity index (χ0v) is 21.1. The van der Waals surface area contributed by atoms with Gasteiger partial charge in [0.25, 0.3) is 5.91 Å². The van der Waals surface area contributed by atoms with Gasteiger partial charge in [0.05, 0.1) is 32.5 Å². The molecule has 1 fully saturated rings. The molecule has 184 valence electrons. The van der Waals surface area contributed by atoms with Gasteiger partial charge >= 0.3 is 6.18 Å². The lowest BCUT2D eigenvalue weighted by Gasteiger charge is -2.36. The molecule has 0 bridgehead atoms. The van der Waals surface area contributed by atoms with Crippen molar-refractivity contribution in [2.24, 2.45) is 0 Å². The van der Waals surface area contributed by atoms with Crippen LogP contribution < -0.4 is 4.72 Å². The average Bonchev–Trinajstić information content (AvgIpc) is 2.84. The molecule has 1 aliphatic heterocycles. The van der Waals surface area contributed by atoms with Gasteiger partial charge in [0.2, 0.25) is 10.0 Å². The smallest absolute Gasteiger partial charge is 0.327 e. The Morgan fingerprint density at radius 3 is 2.43 bits per heavy atom. The molecule has 2 atom stereocenters. The zero-order valence-electron chi connectivity index (χ0n) is 18.1. The van der Waals surface area contributed by atoms with Gasteiger partial charge in [-0.25, -0.2) is 13.1 Å². The van der Waals surface area contributed by atoms with Crippen LogP contribution in [0, 0.1) is 0 Å². The Kier molecular flexibility index (Phi) is 7.43. The van der Waals surface area contributed by atoms with Gasteiger partial charge in [-0.3, -0.25) is 4.79 Å². The molecule has 3 aromatic rings. The van der Waals surface area contributed by atoms with Crippen LogP contribution in [0.4, 0.5) is 13.2 Å². The molecular formula is C23H20F3IN4O3S. The van der Waals surface area contributed by atoms with Crippen LogP contribution in [0.2, 0.25) is 0 Å². The van der Waals surface area contributed by atoms with E-state index in [0.29, 0.717) is 11.1 Å². The molecule has 1 aliphatic rings. The Balaban J connectivity index is 1.54. The molecule has 0 saturated carbocycles. The molecular weight excluding hydrogens is 596 g/mol. The average molecular weight is 616 g/mol. The highest BCUT2D eigenvalue weighted by molar-refractivity contribution is 14.1. The molecule has 4 rings (SSSR count). The van der Waals surface area contributed by atoms with Crippen LogP contribution >= 0.6 is 22.6 Å². The number of aromatic nitrogens is 2. The van der Waals surface area contributed by atoms with Gasteiger partial charge in [0.15, 0.2) is 0 Å².